The highest BCUT2D eigenvalue weighted by molar-refractivity contribution is 7.92. The maximum atomic E-state index is 11.7. The molecule has 1 fully saturated rings. The van der Waals surface area contributed by atoms with Crippen LogP contribution in [-0.4, -0.2) is 35.9 Å². The third-order valence-corrected chi connectivity index (χ3v) is 5.54. The van der Waals surface area contributed by atoms with E-state index in [0.29, 0.717) is 18.4 Å². The van der Waals surface area contributed by atoms with Crippen molar-refractivity contribution in [2.75, 3.05) is 17.6 Å². The molecule has 0 aliphatic carbocycles. The summed E-state index contributed by atoms with van der Waals surface area (Å²) in [7, 11) is -3.06. The molecule has 1 aliphatic heterocycles. The molecule has 2 rings (SSSR count). The number of aryl methyl sites for hydroxylation is 1. The normalized spacial score (nSPS) is 21.2. The van der Waals surface area contributed by atoms with Gasteiger partial charge in [0.15, 0.2) is 9.84 Å². The van der Waals surface area contributed by atoms with Crippen LogP contribution in [0.1, 0.15) is 18.4 Å². The zero-order valence-corrected chi connectivity index (χ0v) is 11.3. The van der Waals surface area contributed by atoms with Crippen LogP contribution in [0.2, 0.25) is 0 Å². The van der Waals surface area contributed by atoms with E-state index in [2.05, 4.69) is 10.3 Å². The summed E-state index contributed by atoms with van der Waals surface area (Å²) in [4.78, 5) is 14.4. The molecule has 1 N–H and O–H groups in total. The van der Waals surface area contributed by atoms with Gasteiger partial charge in [0.25, 0.3) is 0 Å². The summed E-state index contributed by atoms with van der Waals surface area (Å²) in [6.07, 6.45) is 2.71. The number of aromatic nitrogens is 1. The molecule has 0 radical (unpaired) electrons. The molecule has 2 heterocycles. The van der Waals surface area contributed by atoms with Gasteiger partial charge in [-0.05, 0) is 25.8 Å². The molecule has 1 aliphatic rings. The van der Waals surface area contributed by atoms with Gasteiger partial charge in [-0.25, -0.2) is 13.4 Å². The van der Waals surface area contributed by atoms with Crippen molar-refractivity contribution in [3.05, 3.63) is 27.9 Å². The van der Waals surface area contributed by atoms with E-state index in [1.807, 2.05) is 0 Å². The van der Waals surface area contributed by atoms with E-state index < -0.39 is 20.0 Å². The summed E-state index contributed by atoms with van der Waals surface area (Å²) in [6.45, 7) is 1.79. The molecule has 1 aromatic rings. The number of hydrogen-bond acceptors (Lipinski definition) is 6. The van der Waals surface area contributed by atoms with E-state index in [1.165, 1.54) is 6.20 Å². The third kappa shape index (κ3) is 2.83. The van der Waals surface area contributed by atoms with E-state index in [1.54, 1.807) is 13.0 Å². The Balaban J connectivity index is 2.16. The Morgan fingerprint density at radius 2 is 2.32 bits per heavy atom. The Labute approximate surface area is 111 Å². The Morgan fingerprint density at radius 3 is 2.89 bits per heavy atom. The molecule has 0 aromatic carbocycles. The minimum Gasteiger partial charge on any atom is -0.363 e. The third-order valence-electron chi connectivity index (χ3n) is 3.27. The Kier molecular flexibility index (Phi) is 3.70. The van der Waals surface area contributed by atoms with Crippen LogP contribution < -0.4 is 5.32 Å². The van der Waals surface area contributed by atoms with Crippen LogP contribution in [-0.2, 0) is 9.84 Å². The molecule has 1 saturated heterocycles. The second-order valence-corrected chi connectivity index (χ2v) is 6.99. The summed E-state index contributed by atoms with van der Waals surface area (Å²) in [5.41, 5.74) is 0.398. The first-order valence-corrected chi connectivity index (χ1v) is 7.69. The molecule has 104 valence electrons. The summed E-state index contributed by atoms with van der Waals surface area (Å²) in [5.74, 6) is 0.329. The highest BCUT2D eigenvalue weighted by Gasteiger charge is 2.31. The molecule has 0 bridgehead atoms. The van der Waals surface area contributed by atoms with Gasteiger partial charge < -0.3 is 5.32 Å². The van der Waals surface area contributed by atoms with Crippen molar-refractivity contribution in [1.82, 2.24) is 4.98 Å². The van der Waals surface area contributed by atoms with Gasteiger partial charge in [-0.2, -0.15) is 0 Å². The number of nitrogens with one attached hydrogen (secondary N) is 1. The number of pyridine rings is 1. The lowest BCUT2D eigenvalue weighted by atomic mass is 10.2. The van der Waals surface area contributed by atoms with Gasteiger partial charge in [0, 0.05) is 18.3 Å². The number of rotatable bonds is 4. The van der Waals surface area contributed by atoms with Gasteiger partial charge in [-0.3, -0.25) is 10.1 Å². The molecular weight excluding hydrogens is 270 g/mol. The van der Waals surface area contributed by atoms with Crippen molar-refractivity contribution in [2.24, 2.45) is 0 Å². The summed E-state index contributed by atoms with van der Waals surface area (Å²) in [5, 5.41) is 13.3. The zero-order valence-electron chi connectivity index (χ0n) is 10.5. The quantitative estimate of drug-likeness (QED) is 0.660. The minimum atomic E-state index is -3.06. The molecule has 1 aromatic heterocycles. The van der Waals surface area contributed by atoms with Crippen LogP contribution in [0.15, 0.2) is 12.3 Å². The highest BCUT2D eigenvalue weighted by Crippen LogP contribution is 2.27. The molecule has 0 spiro atoms. The van der Waals surface area contributed by atoms with Gasteiger partial charge in [0.1, 0.15) is 0 Å². The van der Waals surface area contributed by atoms with Crippen molar-refractivity contribution < 1.29 is 13.3 Å². The van der Waals surface area contributed by atoms with E-state index in [-0.39, 0.29) is 23.8 Å². The average molecular weight is 285 g/mol. The maximum Gasteiger partial charge on any atom is 0.314 e. The fourth-order valence-electron chi connectivity index (χ4n) is 2.21. The Bertz CT molecular complexity index is 600. The Morgan fingerprint density at radius 1 is 1.58 bits per heavy atom. The number of anilines is 1. The van der Waals surface area contributed by atoms with Crippen LogP contribution in [0.3, 0.4) is 0 Å². The summed E-state index contributed by atoms with van der Waals surface area (Å²) < 4.78 is 23.3. The first-order chi connectivity index (χ1) is 8.92. The standard InChI is InChI=1S/C11H15N3O4S/c1-8-4-5-12-11(10(8)14(15)16)13-7-9-3-2-6-19(9,17)18/h4-5,9H,2-3,6-7H2,1H3,(H,12,13). The fourth-order valence-corrected chi connectivity index (χ4v) is 3.97. The van der Waals surface area contributed by atoms with Crippen molar-refractivity contribution in [3.63, 3.8) is 0 Å². The monoisotopic (exact) mass is 285 g/mol. The molecule has 0 amide bonds. The van der Waals surface area contributed by atoms with Crippen molar-refractivity contribution in [1.29, 1.82) is 0 Å². The van der Waals surface area contributed by atoms with Gasteiger partial charge in [0.2, 0.25) is 5.82 Å². The molecule has 8 heteroatoms. The number of nitrogens with zero attached hydrogens (tertiary/aromatic N) is 2. The van der Waals surface area contributed by atoms with Crippen molar-refractivity contribution >= 4 is 21.3 Å². The predicted octanol–water partition coefficient (Wildman–Crippen LogP) is 1.29. The maximum absolute atomic E-state index is 11.7. The Hall–Kier alpha value is -1.70. The summed E-state index contributed by atoms with van der Waals surface area (Å²) >= 11 is 0. The van der Waals surface area contributed by atoms with E-state index in [9.17, 15) is 18.5 Å². The van der Waals surface area contributed by atoms with Crippen molar-refractivity contribution in [3.8, 4) is 0 Å². The van der Waals surface area contributed by atoms with Crippen molar-refractivity contribution in [2.45, 2.75) is 25.0 Å². The van der Waals surface area contributed by atoms with Gasteiger partial charge in [-0.15, -0.1) is 0 Å². The van der Waals surface area contributed by atoms with Gasteiger partial charge in [-0.1, -0.05) is 0 Å². The number of sulfone groups is 1. The first-order valence-electron chi connectivity index (χ1n) is 5.97. The van der Waals surface area contributed by atoms with E-state index in [4.69, 9.17) is 0 Å². The van der Waals surface area contributed by atoms with Crippen LogP contribution >= 0.6 is 0 Å². The largest absolute Gasteiger partial charge is 0.363 e. The molecule has 1 unspecified atom stereocenters. The van der Waals surface area contributed by atoms with Crippen LogP contribution in [0.5, 0.6) is 0 Å². The molecule has 1 atom stereocenters. The smallest absolute Gasteiger partial charge is 0.314 e. The molecule has 7 nitrogen and oxygen atoms in total. The van der Waals surface area contributed by atoms with Gasteiger partial charge >= 0.3 is 5.69 Å². The first kappa shape index (κ1) is 13.7. The zero-order chi connectivity index (χ0) is 14.0. The molecule has 19 heavy (non-hydrogen) atoms. The second kappa shape index (κ2) is 5.12. The lowest BCUT2D eigenvalue weighted by Crippen LogP contribution is -2.25. The SMILES string of the molecule is Cc1ccnc(NCC2CCCS2(=O)=O)c1[N+](=O)[O-]. The van der Waals surface area contributed by atoms with Crippen LogP contribution in [0, 0.1) is 17.0 Å². The average Bonchev–Trinajstić information content (AvgIpc) is 2.65. The fraction of sp³-hybridized carbons (Fsp3) is 0.545. The van der Waals surface area contributed by atoms with Crippen LogP contribution in [0.4, 0.5) is 11.5 Å². The van der Waals surface area contributed by atoms with Crippen LogP contribution in [0.25, 0.3) is 0 Å². The minimum absolute atomic E-state index is 0.0992. The molecule has 0 saturated carbocycles. The van der Waals surface area contributed by atoms with E-state index in [0.717, 1.165) is 0 Å². The lowest BCUT2D eigenvalue weighted by molar-refractivity contribution is -0.384. The highest BCUT2D eigenvalue weighted by atomic mass is 32.2. The number of nitro groups is 1. The lowest BCUT2D eigenvalue weighted by Gasteiger charge is -2.11. The van der Waals surface area contributed by atoms with E-state index >= 15 is 0 Å². The predicted molar refractivity (Wildman–Crippen MR) is 70.9 cm³/mol. The number of hydrogen-bond donors (Lipinski definition) is 1. The summed E-state index contributed by atoms with van der Waals surface area (Å²) in [6, 6.07) is 1.55. The second-order valence-electron chi connectivity index (χ2n) is 4.59. The molecular formula is C11H15N3O4S. The topological polar surface area (TPSA) is 102 Å². The van der Waals surface area contributed by atoms with Gasteiger partial charge in [0.05, 0.1) is 15.9 Å².